The number of carboxylic acids is 1. The fourth-order valence-corrected chi connectivity index (χ4v) is 2.15. The fourth-order valence-electron chi connectivity index (χ4n) is 1.47. The van der Waals surface area contributed by atoms with Crippen molar-refractivity contribution in [3.63, 3.8) is 0 Å². The van der Waals surface area contributed by atoms with Gasteiger partial charge in [-0.25, -0.2) is 19.4 Å². The van der Waals surface area contributed by atoms with Crippen LogP contribution in [0.2, 0.25) is 0 Å². The van der Waals surface area contributed by atoms with Gasteiger partial charge in [-0.05, 0) is 34.6 Å². The van der Waals surface area contributed by atoms with E-state index in [1.807, 2.05) is 0 Å². The van der Waals surface area contributed by atoms with E-state index in [9.17, 15) is 19.5 Å². The minimum Gasteiger partial charge on any atom is -0.476 e. The molecule has 0 aliphatic heterocycles. The first kappa shape index (κ1) is 21.4. The molecule has 1 heterocycles. The van der Waals surface area contributed by atoms with Gasteiger partial charge in [0.05, 0.1) is 7.11 Å². The van der Waals surface area contributed by atoms with E-state index in [-0.39, 0.29) is 10.8 Å². The lowest BCUT2D eigenvalue weighted by Crippen LogP contribution is -2.35. The number of carbonyl (C=O) groups is 3. The number of carbonyl (C=O) groups excluding carboxylic acids is 2. The maximum atomic E-state index is 11.7. The van der Waals surface area contributed by atoms with E-state index in [0.29, 0.717) is 0 Å². The summed E-state index contributed by atoms with van der Waals surface area (Å²) in [4.78, 5) is 43.6. The second-order valence-corrected chi connectivity index (χ2v) is 7.36. The lowest BCUT2D eigenvalue weighted by Gasteiger charge is -2.19. The molecule has 0 aliphatic carbocycles. The highest BCUT2D eigenvalue weighted by atomic mass is 32.1. The molecule has 2 N–H and O–H groups in total. The Morgan fingerprint density at radius 2 is 1.85 bits per heavy atom. The number of amides is 1. The second-order valence-electron chi connectivity index (χ2n) is 6.50. The molecular formula is C15H21N3O7S. The first-order chi connectivity index (χ1) is 11.9. The van der Waals surface area contributed by atoms with Crippen molar-refractivity contribution in [2.45, 2.75) is 45.8 Å². The second kappa shape index (κ2) is 8.13. The number of hydrogen-bond acceptors (Lipinski definition) is 9. The number of esters is 1. The predicted octanol–water partition coefficient (Wildman–Crippen LogP) is 2.25. The zero-order chi connectivity index (χ0) is 20.1. The van der Waals surface area contributed by atoms with Crippen molar-refractivity contribution in [1.82, 2.24) is 4.98 Å². The van der Waals surface area contributed by atoms with E-state index < -0.39 is 34.9 Å². The van der Waals surface area contributed by atoms with Crippen LogP contribution in [0.4, 0.5) is 9.93 Å². The van der Waals surface area contributed by atoms with Crippen molar-refractivity contribution in [3.05, 3.63) is 11.1 Å². The summed E-state index contributed by atoms with van der Waals surface area (Å²) >= 11 is 0.979. The average Bonchev–Trinajstić information content (AvgIpc) is 2.91. The lowest BCUT2D eigenvalue weighted by molar-refractivity contribution is -0.165. The van der Waals surface area contributed by atoms with E-state index in [0.717, 1.165) is 11.3 Å². The number of aliphatic carboxylic acids is 1. The van der Waals surface area contributed by atoms with E-state index in [1.54, 1.807) is 20.8 Å². The molecule has 0 radical (unpaired) electrons. The quantitative estimate of drug-likeness (QED) is 0.431. The van der Waals surface area contributed by atoms with Crippen LogP contribution in [0.5, 0.6) is 0 Å². The Balaban J connectivity index is 2.95. The van der Waals surface area contributed by atoms with Crippen molar-refractivity contribution in [2.75, 3.05) is 12.4 Å². The molecule has 0 atom stereocenters. The van der Waals surface area contributed by atoms with Crippen molar-refractivity contribution in [2.24, 2.45) is 5.16 Å². The molecule has 26 heavy (non-hydrogen) atoms. The number of nitrogens with zero attached hydrogens (tertiary/aromatic N) is 2. The Labute approximate surface area is 154 Å². The van der Waals surface area contributed by atoms with Crippen LogP contribution >= 0.6 is 11.3 Å². The van der Waals surface area contributed by atoms with Gasteiger partial charge < -0.3 is 19.4 Å². The summed E-state index contributed by atoms with van der Waals surface area (Å²) in [5.41, 5.74) is -2.75. The zero-order valence-electron chi connectivity index (χ0n) is 15.3. The molecular weight excluding hydrogens is 366 g/mol. The van der Waals surface area contributed by atoms with Crippen molar-refractivity contribution < 1.29 is 33.8 Å². The summed E-state index contributed by atoms with van der Waals surface area (Å²) in [5, 5.41) is 16.7. The number of rotatable bonds is 6. The summed E-state index contributed by atoms with van der Waals surface area (Å²) in [6, 6.07) is 0. The van der Waals surface area contributed by atoms with Crippen molar-refractivity contribution in [1.29, 1.82) is 0 Å². The van der Waals surface area contributed by atoms with Crippen molar-refractivity contribution in [3.8, 4) is 0 Å². The van der Waals surface area contributed by atoms with Crippen LogP contribution in [0, 0.1) is 0 Å². The third-order valence-electron chi connectivity index (χ3n) is 2.60. The minimum absolute atomic E-state index is 0.0470. The Kier molecular flexibility index (Phi) is 6.67. The predicted molar refractivity (Wildman–Crippen MR) is 93.3 cm³/mol. The maximum absolute atomic E-state index is 11.7. The standard InChI is InChI=1S/C15H21N3O7S/c1-14(2,3)24-13(22)17-12-16-8(7-26-12)9(10(19)20)18-25-15(4,5)11(21)23-6/h7H,1-6H3,(H,19,20)(H,16,17,22). The number of nitrogens with one attached hydrogen (secondary N) is 1. The Morgan fingerprint density at radius 1 is 1.23 bits per heavy atom. The number of methoxy groups -OCH3 is 1. The summed E-state index contributed by atoms with van der Waals surface area (Å²) in [6.07, 6.45) is -0.727. The Bertz CT molecular complexity index is 719. The smallest absolute Gasteiger partial charge is 0.413 e. The molecule has 144 valence electrons. The van der Waals surface area contributed by atoms with Gasteiger partial charge in [-0.3, -0.25) is 5.32 Å². The lowest BCUT2D eigenvalue weighted by atomic mass is 10.1. The normalized spacial score (nSPS) is 12.3. The SMILES string of the molecule is COC(=O)C(C)(C)ON=C(C(=O)O)c1csc(NC(=O)OC(C)(C)C)n1. The number of ether oxygens (including phenoxy) is 2. The van der Waals surface area contributed by atoms with Gasteiger partial charge in [0.2, 0.25) is 11.3 Å². The van der Waals surface area contributed by atoms with Gasteiger partial charge in [-0.15, -0.1) is 11.3 Å². The van der Waals surface area contributed by atoms with Gasteiger partial charge in [0.15, 0.2) is 5.13 Å². The van der Waals surface area contributed by atoms with Gasteiger partial charge >= 0.3 is 18.0 Å². The first-order valence-electron chi connectivity index (χ1n) is 7.39. The molecule has 0 unspecified atom stereocenters. The van der Waals surface area contributed by atoms with Crippen LogP contribution in [0.15, 0.2) is 10.5 Å². The zero-order valence-corrected chi connectivity index (χ0v) is 16.1. The van der Waals surface area contributed by atoms with Gasteiger partial charge in [0.25, 0.3) is 0 Å². The maximum Gasteiger partial charge on any atom is 0.413 e. The molecule has 0 aromatic carbocycles. The molecule has 1 aromatic heterocycles. The van der Waals surface area contributed by atoms with E-state index in [4.69, 9.17) is 9.57 Å². The van der Waals surface area contributed by atoms with Crippen LogP contribution in [0.25, 0.3) is 0 Å². The Hall–Kier alpha value is -2.69. The van der Waals surface area contributed by atoms with Crippen LogP contribution in [0.3, 0.4) is 0 Å². The van der Waals surface area contributed by atoms with Crippen LogP contribution < -0.4 is 5.32 Å². The van der Waals surface area contributed by atoms with Gasteiger partial charge in [0, 0.05) is 5.38 Å². The van der Waals surface area contributed by atoms with Crippen LogP contribution in [-0.2, 0) is 23.9 Å². The highest BCUT2D eigenvalue weighted by Crippen LogP contribution is 2.19. The highest BCUT2D eigenvalue weighted by molar-refractivity contribution is 7.14. The third kappa shape index (κ3) is 6.31. The third-order valence-corrected chi connectivity index (χ3v) is 3.36. The number of oxime groups is 1. The molecule has 0 fully saturated rings. The fraction of sp³-hybridized carbons (Fsp3) is 0.533. The molecule has 0 saturated heterocycles. The molecule has 1 rings (SSSR count). The van der Waals surface area contributed by atoms with E-state index in [1.165, 1.54) is 26.3 Å². The number of carboxylic acid groups (broad SMARTS) is 1. The topological polar surface area (TPSA) is 136 Å². The van der Waals surface area contributed by atoms with Gasteiger partial charge in [-0.2, -0.15) is 0 Å². The molecule has 11 heteroatoms. The van der Waals surface area contributed by atoms with Crippen LogP contribution in [0.1, 0.15) is 40.3 Å². The first-order valence-corrected chi connectivity index (χ1v) is 8.27. The minimum atomic E-state index is -1.48. The summed E-state index contributed by atoms with van der Waals surface area (Å²) in [5.74, 6) is -2.14. The number of thiazole rings is 1. The largest absolute Gasteiger partial charge is 0.476 e. The molecule has 1 aromatic rings. The highest BCUT2D eigenvalue weighted by Gasteiger charge is 2.32. The Morgan fingerprint density at radius 3 is 2.35 bits per heavy atom. The molecule has 0 bridgehead atoms. The molecule has 10 nitrogen and oxygen atoms in total. The molecule has 0 saturated carbocycles. The van der Waals surface area contributed by atoms with Gasteiger partial charge in [-0.1, -0.05) is 5.16 Å². The molecule has 0 aliphatic rings. The molecule has 1 amide bonds. The molecule has 0 spiro atoms. The van der Waals surface area contributed by atoms with Gasteiger partial charge in [0.1, 0.15) is 11.3 Å². The summed E-state index contributed by atoms with van der Waals surface area (Å²) < 4.78 is 9.63. The van der Waals surface area contributed by atoms with Crippen LogP contribution in [-0.4, -0.2) is 52.1 Å². The summed E-state index contributed by atoms with van der Waals surface area (Å²) in [7, 11) is 1.17. The van der Waals surface area contributed by atoms with Crippen molar-refractivity contribution >= 4 is 40.2 Å². The average molecular weight is 387 g/mol. The van der Waals surface area contributed by atoms with E-state index in [2.05, 4.69) is 20.2 Å². The van der Waals surface area contributed by atoms with E-state index >= 15 is 0 Å². The number of hydrogen-bond donors (Lipinski definition) is 2. The monoisotopic (exact) mass is 387 g/mol. The summed E-state index contributed by atoms with van der Waals surface area (Å²) in [6.45, 7) is 7.86. The number of aromatic nitrogens is 1. The number of anilines is 1.